The SMILES string of the molecule is COc1ccc(OC)c([C@@H]2CCN(C(=O)c3ccc4nccnc4c3)C2)c1. The summed E-state index contributed by atoms with van der Waals surface area (Å²) < 4.78 is 10.9. The van der Waals surface area contributed by atoms with Gasteiger partial charge in [-0.25, -0.2) is 0 Å². The average Bonchev–Trinajstić information content (AvgIpc) is 3.22. The van der Waals surface area contributed by atoms with E-state index in [2.05, 4.69) is 9.97 Å². The van der Waals surface area contributed by atoms with Gasteiger partial charge in [0.25, 0.3) is 5.91 Å². The van der Waals surface area contributed by atoms with E-state index in [4.69, 9.17) is 9.47 Å². The molecule has 1 aliphatic rings. The first-order valence-electron chi connectivity index (χ1n) is 8.91. The zero-order valence-electron chi connectivity index (χ0n) is 15.4. The minimum atomic E-state index is 0.0203. The van der Waals surface area contributed by atoms with Crippen LogP contribution in [0.3, 0.4) is 0 Å². The van der Waals surface area contributed by atoms with Crippen LogP contribution in [0.1, 0.15) is 28.3 Å². The van der Waals surface area contributed by atoms with Crippen molar-refractivity contribution in [1.82, 2.24) is 14.9 Å². The van der Waals surface area contributed by atoms with E-state index in [0.29, 0.717) is 18.7 Å². The van der Waals surface area contributed by atoms with Crippen LogP contribution in [-0.4, -0.2) is 48.1 Å². The van der Waals surface area contributed by atoms with Gasteiger partial charge in [0, 0.05) is 42.5 Å². The molecule has 1 aromatic heterocycles. The number of nitrogens with zero attached hydrogens (tertiary/aromatic N) is 3. The first-order valence-corrected chi connectivity index (χ1v) is 8.91. The molecular formula is C21H21N3O3. The largest absolute Gasteiger partial charge is 0.497 e. The quantitative estimate of drug-likeness (QED) is 0.712. The fourth-order valence-corrected chi connectivity index (χ4v) is 3.64. The molecule has 0 spiro atoms. The van der Waals surface area contributed by atoms with Crippen LogP contribution in [0.25, 0.3) is 11.0 Å². The number of hydrogen-bond donors (Lipinski definition) is 0. The smallest absolute Gasteiger partial charge is 0.253 e. The Morgan fingerprint density at radius 1 is 1.04 bits per heavy atom. The lowest BCUT2D eigenvalue weighted by atomic mass is 9.97. The minimum Gasteiger partial charge on any atom is -0.497 e. The summed E-state index contributed by atoms with van der Waals surface area (Å²) >= 11 is 0. The highest BCUT2D eigenvalue weighted by Gasteiger charge is 2.30. The molecule has 1 fully saturated rings. The lowest BCUT2D eigenvalue weighted by molar-refractivity contribution is 0.0791. The third-order valence-electron chi connectivity index (χ3n) is 5.07. The Morgan fingerprint density at radius 2 is 1.85 bits per heavy atom. The summed E-state index contributed by atoms with van der Waals surface area (Å²) in [5.41, 5.74) is 3.24. The van der Waals surface area contributed by atoms with Gasteiger partial charge >= 0.3 is 0 Å². The molecule has 0 bridgehead atoms. The number of rotatable bonds is 4. The maximum absolute atomic E-state index is 13.0. The van der Waals surface area contributed by atoms with Crippen LogP contribution in [0.5, 0.6) is 11.5 Å². The van der Waals surface area contributed by atoms with E-state index in [1.165, 1.54) is 0 Å². The van der Waals surface area contributed by atoms with Gasteiger partial charge < -0.3 is 14.4 Å². The van der Waals surface area contributed by atoms with E-state index < -0.39 is 0 Å². The topological polar surface area (TPSA) is 64.6 Å². The summed E-state index contributed by atoms with van der Waals surface area (Å²) in [6, 6.07) is 11.3. The molecular weight excluding hydrogens is 342 g/mol. The van der Waals surface area contributed by atoms with Crippen molar-refractivity contribution in [2.75, 3.05) is 27.3 Å². The molecule has 4 rings (SSSR count). The summed E-state index contributed by atoms with van der Waals surface area (Å²) in [6.45, 7) is 1.36. The van der Waals surface area contributed by atoms with Gasteiger partial charge in [0.15, 0.2) is 0 Å². The molecule has 0 unspecified atom stereocenters. The van der Waals surface area contributed by atoms with E-state index in [1.807, 2.05) is 41.3 Å². The number of ether oxygens (including phenoxy) is 2. The van der Waals surface area contributed by atoms with Crippen molar-refractivity contribution < 1.29 is 14.3 Å². The molecule has 138 valence electrons. The molecule has 0 radical (unpaired) electrons. The molecule has 2 heterocycles. The van der Waals surface area contributed by atoms with Gasteiger partial charge in [0.05, 0.1) is 25.3 Å². The molecule has 1 saturated heterocycles. The number of carbonyl (C=O) groups is 1. The summed E-state index contributed by atoms with van der Waals surface area (Å²) in [6.07, 6.45) is 4.18. The van der Waals surface area contributed by atoms with Gasteiger partial charge in [0.2, 0.25) is 0 Å². The number of methoxy groups -OCH3 is 2. The number of hydrogen-bond acceptors (Lipinski definition) is 5. The van der Waals surface area contributed by atoms with Gasteiger partial charge in [-0.05, 0) is 42.8 Å². The third-order valence-corrected chi connectivity index (χ3v) is 5.07. The molecule has 1 atom stereocenters. The summed E-state index contributed by atoms with van der Waals surface area (Å²) in [7, 11) is 3.32. The molecule has 0 N–H and O–H groups in total. The van der Waals surface area contributed by atoms with Gasteiger partial charge in [-0.3, -0.25) is 14.8 Å². The Bertz CT molecular complexity index is 989. The fourth-order valence-electron chi connectivity index (χ4n) is 3.64. The van der Waals surface area contributed by atoms with Crippen LogP contribution in [-0.2, 0) is 0 Å². The van der Waals surface area contributed by atoms with E-state index in [-0.39, 0.29) is 11.8 Å². The van der Waals surface area contributed by atoms with Gasteiger partial charge in [-0.1, -0.05) is 0 Å². The van der Waals surface area contributed by atoms with Crippen LogP contribution >= 0.6 is 0 Å². The zero-order valence-corrected chi connectivity index (χ0v) is 15.4. The Labute approximate surface area is 157 Å². The van der Waals surface area contributed by atoms with Crippen molar-refractivity contribution >= 4 is 16.9 Å². The van der Waals surface area contributed by atoms with Crippen LogP contribution in [0.4, 0.5) is 0 Å². The summed E-state index contributed by atoms with van der Waals surface area (Å²) in [5, 5.41) is 0. The first-order chi connectivity index (χ1) is 13.2. The molecule has 1 amide bonds. The Kier molecular flexibility index (Phi) is 4.62. The van der Waals surface area contributed by atoms with Crippen molar-refractivity contribution in [1.29, 1.82) is 0 Å². The first kappa shape index (κ1) is 17.3. The number of amides is 1. The third kappa shape index (κ3) is 3.30. The van der Waals surface area contributed by atoms with Gasteiger partial charge in [-0.15, -0.1) is 0 Å². The Morgan fingerprint density at radius 3 is 2.63 bits per heavy atom. The standard InChI is InChI=1S/C21H21N3O3/c1-26-16-4-6-20(27-2)17(12-16)15-7-10-24(13-15)21(25)14-3-5-18-19(11-14)23-9-8-22-18/h3-6,8-9,11-12,15H,7,10,13H2,1-2H3/t15-/m1/s1. The highest BCUT2D eigenvalue weighted by molar-refractivity contribution is 5.97. The second-order valence-corrected chi connectivity index (χ2v) is 6.60. The van der Waals surface area contributed by atoms with Crippen molar-refractivity contribution in [3.63, 3.8) is 0 Å². The number of benzene rings is 2. The molecule has 27 heavy (non-hydrogen) atoms. The van der Waals surface area contributed by atoms with Crippen LogP contribution < -0.4 is 9.47 Å². The predicted octanol–water partition coefficient (Wildman–Crippen LogP) is 3.28. The molecule has 0 aliphatic carbocycles. The summed E-state index contributed by atoms with van der Waals surface area (Å²) in [5.74, 6) is 1.87. The maximum Gasteiger partial charge on any atom is 0.253 e. The molecule has 6 heteroatoms. The second-order valence-electron chi connectivity index (χ2n) is 6.60. The maximum atomic E-state index is 13.0. The number of likely N-dealkylation sites (tertiary alicyclic amines) is 1. The van der Waals surface area contributed by atoms with Crippen LogP contribution in [0, 0.1) is 0 Å². The van der Waals surface area contributed by atoms with Crippen LogP contribution in [0.15, 0.2) is 48.8 Å². The van der Waals surface area contributed by atoms with E-state index in [9.17, 15) is 4.79 Å². The van der Waals surface area contributed by atoms with Crippen molar-refractivity contribution in [3.8, 4) is 11.5 Å². The van der Waals surface area contributed by atoms with Crippen molar-refractivity contribution in [2.24, 2.45) is 0 Å². The van der Waals surface area contributed by atoms with Gasteiger partial charge in [0.1, 0.15) is 11.5 Å². The van der Waals surface area contributed by atoms with Gasteiger partial charge in [-0.2, -0.15) is 0 Å². The molecule has 2 aromatic carbocycles. The second kappa shape index (κ2) is 7.23. The lowest BCUT2D eigenvalue weighted by Gasteiger charge is -2.18. The van der Waals surface area contributed by atoms with E-state index in [0.717, 1.165) is 34.5 Å². The number of fused-ring (bicyclic) bond motifs is 1. The highest BCUT2D eigenvalue weighted by Crippen LogP contribution is 2.36. The molecule has 0 saturated carbocycles. The molecule has 6 nitrogen and oxygen atoms in total. The molecule has 3 aromatic rings. The van der Waals surface area contributed by atoms with Crippen LogP contribution in [0.2, 0.25) is 0 Å². The number of carbonyl (C=O) groups excluding carboxylic acids is 1. The average molecular weight is 363 g/mol. The van der Waals surface area contributed by atoms with E-state index in [1.54, 1.807) is 26.6 Å². The lowest BCUT2D eigenvalue weighted by Crippen LogP contribution is -2.28. The van der Waals surface area contributed by atoms with E-state index >= 15 is 0 Å². The minimum absolute atomic E-state index is 0.0203. The highest BCUT2D eigenvalue weighted by atomic mass is 16.5. The Hall–Kier alpha value is -3.15. The van der Waals surface area contributed by atoms with Crippen molar-refractivity contribution in [3.05, 3.63) is 59.9 Å². The van der Waals surface area contributed by atoms with Crippen molar-refractivity contribution in [2.45, 2.75) is 12.3 Å². The number of aromatic nitrogens is 2. The predicted molar refractivity (Wildman–Crippen MR) is 102 cm³/mol. The normalized spacial score (nSPS) is 16.5. The fraction of sp³-hybridized carbons (Fsp3) is 0.286. The molecule has 1 aliphatic heterocycles. The monoisotopic (exact) mass is 363 g/mol. The summed E-state index contributed by atoms with van der Waals surface area (Å²) in [4.78, 5) is 23.4. The Balaban J connectivity index is 1.56. The zero-order chi connectivity index (χ0) is 18.8.